The predicted octanol–water partition coefficient (Wildman–Crippen LogP) is 6.19. The summed E-state index contributed by atoms with van der Waals surface area (Å²) in [4.78, 5) is 62.2. The molecule has 5 aromatic rings. The predicted molar refractivity (Wildman–Crippen MR) is 218 cm³/mol. The van der Waals surface area contributed by atoms with Crippen LogP contribution in [0.3, 0.4) is 0 Å². The van der Waals surface area contributed by atoms with E-state index in [9.17, 15) is 14.4 Å². The third-order valence-electron chi connectivity index (χ3n) is 11.1. The molecule has 3 N–H and O–H groups in total. The largest absolute Gasteiger partial charge is 0.453 e. The lowest BCUT2D eigenvalue weighted by atomic mass is 10.0. The molecule has 8 rings (SSSR count). The molecule has 4 unspecified atom stereocenters. The second-order valence-electron chi connectivity index (χ2n) is 14.9. The van der Waals surface area contributed by atoms with Crippen molar-refractivity contribution in [3.8, 4) is 23.7 Å². The molecular formula is C46H46N8O4. The topological polar surface area (TPSA) is 140 Å². The molecule has 0 bridgehead atoms. The second-order valence-corrected chi connectivity index (χ2v) is 14.9. The average Bonchev–Trinajstić information content (AvgIpc) is 4.12. The van der Waals surface area contributed by atoms with Gasteiger partial charge in [0.25, 0.3) is 5.91 Å². The van der Waals surface area contributed by atoms with Crippen LogP contribution in [0.15, 0.2) is 97.3 Å². The third-order valence-corrected chi connectivity index (χ3v) is 11.1. The van der Waals surface area contributed by atoms with E-state index < -0.39 is 12.1 Å². The number of benzene rings is 3. The van der Waals surface area contributed by atoms with Gasteiger partial charge in [-0.15, -0.1) is 0 Å². The molecule has 0 saturated carbocycles. The summed E-state index contributed by atoms with van der Waals surface area (Å²) < 4.78 is 4.81. The number of nitrogens with one attached hydrogen (secondary N) is 3. The summed E-state index contributed by atoms with van der Waals surface area (Å²) in [6.45, 7) is 3.13. The Morgan fingerprint density at radius 1 is 0.655 bits per heavy atom. The highest BCUT2D eigenvalue weighted by Crippen LogP contribution is 2.36. The van der Waals surface area contributed by atoms with Crippen molar-refractivity contribution in [3.05, 3.63) is 143 Å². The molecule has 5 heterocycles. The number of hydrogen-bond acceptors (Lipinski definition) is 7. The Kier molecular flexibility index (Phi) is 11.6. The van der Waals surface area contributed by atoms with Gasteiger partial charge in [0.2, 0.25) is 5.91 Å². The summed E-state index contributed by atoms with van der Waals surface area (Å²) in [5.41, 5.74) is 4.70. The molecule has 3 fully saturated rings. The zero-order valence-electron chi connectivity index (χ0n) is 32.5. The van der Waals surface area contributed by atoms with E-state index in [1.807, 2.05) is 77.7 Å². The van der Waals surface area contributed by atoms with E-state index in [1.165, 1.54) is 7.11 Å². The number of carbonyl (C=O) groups is 3. The standard InChI is InChI=1S/C46H46N8O4/c1-58-46(57)51-40(34-12-4-2-5-13-34)44(55)53-28-10-16-38(53)42-47-30-36(49-42)24-22-32-18-20-33(21-19-32)23-25-37-31-48-43(50-37)39-17-11-29-54(39)45(56)41(52-26-8-9-27-52)35-14-6-3-7-15-35/h2-7,12-15,18-21,30-31,38-41H,8-11,16-17,26-29H2,1H3,(H,47,49)(H,48,50)(H,51,57). The van der Waals surface area contributed by atoms with Crippen LogP contribution in [0.1, 0.15) is 108 Å². The van der Waals surface area contributed by atoms with Crippen LogP contribution in [0, 0.1) is 23.7 Å². The SMILES string of the molecule is COC(=O)NC(C(=O)N1CCCC1c1ncc(C#Cc2ccc(C#Cc3cnc(C4CCCN4C(=O)C(c4ccccc4)N4CCCC4)[nH]3)cc2)[nH]1)c1ccccc1. The number of H-pyrrole nitrogens is 2. The van der Waals surface area contributed by atoms with Gasteiger partial charge in [0.05, 0.1) is 31.6 Å². The van der Waals surface area contributed by atoms with Crippen LogP contribution < -0.4 is 5.32 Å². The molecule has 3 saturated heterocycles. The number of methoxy groups -OCH3 is 1. The molecule has 0 aliphatic carbocycles. The number of amides is 3. The number of alkyl carbamates (subject to hydrolysis) is 1. The molecule has 0 spiro atoms. The minimum Gasteiger partial charge on any atom is -0.453 e. The van der Waals surface area contributed by atoms with Gasteiger partial charge in [-0.2, -0.15) is 0 Å². The monoisotopic (exact) mass is 774 g/mol. The number of rotatable bonds is 8. The highest BCUT2D eigenvalue weighted by atomic mass is 16.5. The van der Waals surface area contributed by atoms with Gasteiger partial charge in [0.15, 0.2) is 0 Å². The third kappa shape index (κ3) is 8.53. The number of nitrogens with zero attached hydrogens (tertiary/aromatic N) is 5. The lowest BCUT2D eigenvalue weighted by Gasteiger charge is -2.33. The number of likely N-dealkylation sites (tertiary alicyclic amines) is 3. The fourth-order valence-corrected chi connectivity index (χ4v) is 8.26. The smallest absolute Gasteiger partial charge is 0.407 e. The van der Waals surface area contributed by atoms with Crippen molar-refractivity contribution < 1.29 is 19.1 Å². The van der Waals surface area contributed by atoms with Crippen molar-refractivity contribution in [2.75, 3.05) is 33.3 Å². The Labute approximate surface area is 338 Å². The number of imidazole rings is 2. The quantitative estimate of drug-likeness (QED) is 0.160. The molecule has 12 nitrogen and oxygen atoms in total. The lowest BCUT2D eigenvalue weighted by Crippen LogP contribution is -2.42. The first-order valence-corrected chi connectivity index (χ1v) is 20.0. The van der Waals surface area contributed by atoms with E-state index in [0.29, 0.717) is 35.9 Å². The number of hydrogen-bond donors (Lipinski definition) is 3. The Morgan fingerprint density at radius 3 is 1.67 bits per heavy atom. The zero-order chi connectivity index (χ0) is 39.8. The Hall–Kier alpha value is -6.63. The molecular weight excluding hydrogens is 729 g/mol. The van der Waals surface area contributed by atoms with E-state index in [-0.39, 0.29) is 29.9 Å². The fourth-order valence-electron chi connectivity index (χ4n) is 8.26. The van der Waals surface area contributed by atoms with Crippen LogP contribution in [0.2, 0.25) is 0 Å². The highest BCUT2D eigenvalue weighted by Gasteiger charge is 2.40. The van der Waals surface area contributed by atoms with E-state index in [1.54, 1.807) is 17.3 Å². The molecule has 4 atom stereocenters. The fraction of sp³-hybridized carbons (Fsp3) is 0.326. The summed E-state index contributed by atoms with van der Waals surface area (Å²) in [6.07, 6.45) is 8.33. The van der Waals surface area contributed by atoms with Gasteiger partial charge in [-0.05, 0) is 98.8 Å². The Balaban J connectivity index is 0.901. The van der Waals surface area contributed by atoms with Crippen molar-refractivity contribution in [1.29, 1.82) is 0 Å². The molecule has 3 aliphatic heterocycles. The van der Waals surface area contributed by atoms with E-state index >= 15 is 0 Å². The zero-order valence-corrected chi connectivity index (χ0v) is 32.5. The second kappa shape index (κ2) is 17.7. The normalized spacial score (nSPS) is 18.8. The van der Waals surface area contributed by atoms with E-state index in [2.05, 4.69) is 66.0 Å². The lowest BCUT2D eigenvalue weighted by molar-refractivity contribution is -0.138. The Morgan fingerprint density at radius 2 is 1.16 bits per heavy atom. The summed E-state index contributed by atoms with van der Waals surface area (Å²) in [6, 6.07) is 25.5. The van der Waals surface area contributed by atoms with Gasteiger partial charge in [-0.1, -0.05) is 72.5 Å². The van der Waals surface area contributed by atoms with Crippen molar-refractivity contribution in [2.45, 2.75) is 62.7 Å². The molecule has 0 radical (unpaired) electrons. The minimum atomic E-state index is -0.883. The molecule has 3 aromatic carbocycles. The maximum atomic E-state index is 14.1. The minimum absolute atomic E-state index is 0.109. The van der Waals surface area contributed by atoms with Gasteiger partial charge in [0, 0.05) is 24.2 Å². The highest BCUT2D eigenvalue weighted by molar-refractivity contribution is 5.87. The first kappa shape index (κ1) is 38.3. The van der Waals surface area contributed by atoms with Gasteiger partial charge in [-0.25, -0.2) is 14.8 Å². The van der Waals surface area contributed by atoms with Crippen LogP contribution in [0.4, 0.5) is 4.79 Å². The molecule has 58 heavy (non-hydrogen) atoms. The van der Waals surface area contributed by atoms with Crippen molar-refractivity contribution in [3.63, 3.8) is 0 Å². The van der Waals surface area contributed by atoms with Gasteiger partial charge in [0.1, 0.15) is 35.1 Å². The summed E-state index contributed by atoms with van der Waals surface area (Å²) in [5.74, 6) is 14.1. The van der Waals surface area contributed by atoms with Crippen LogP contribution in [-0.4, -0.2) is 85.8 Å². The number of ether oxygens (including phenoxy) is 1. The number of carbonyl (C=O) groups excluding carboxylic acids is 3. The molecule has 3 aliphatic rings. The van der Waals surface area contributed by atoms with Crippen LogP contribution in [-0.2, 0) is 14.3 Å². The summed E-state index contributed by atoms with van der Waals surface area (Å²) in [5, 5.41) is 2.70. The van der Waals surface area contributed by atoms with Crippen molar-refractivity contribution in [2.24, 2.45) is 0 Å². The molecule has 2 aromatic heterocycles. The summed E-state index contributed by atoms with van der Waals surface area (Å²) >= 11 is 0. The van der Waals surface area contributed by atoms with Gasteiger partial charge < -0.3 is 29.8 Å². The molecule has 294 valence electrons. The number of aromatic nitrogens is 4. The summed E-state index contributed by atoms with van der Waals surface area (Å²) in [7, 11) is 1.28. The first-order valence-electron chi connectivity index (χ1n) is 20.0. The van der Waals surface area contributed by atoms with Crippen molar-refractivity contribution >= 4 is 17.9 Å². The molecule has 3 amide bonds. The maximum Gasteiger partial charge on any atom is 0.407 e. The molecule has 12 heteroatoms. The van der Waals surface area contributed by atoms with Crippen molar-refractivity contribution in [1.82, 2.24) is 40.0 Å². The van der Waals surface area contributed by atoms with Crippen LogP contribution in [0.25, 0.3) is 0 Å². The first-order chi connectivity index (χ1) is 28.4. The van der Waals surface area contributed by atoms with Gasteiger partial charge >= 0.3 is 6.09 Å². The van der Waals surface area contributed by atoms with Crippen LogP contribution >= 0.6 is 0 Å². The van der Waals surface area contributed by atoms with E-state index in [4.69, 9.17) is 4.74 Å². The van der Waals surface area contributed by atoms with Gasteiger partial charge in [-0.3, -0.25) is 14.5 Å². The maximum absolute atomic E-state index is 14.1. The average molecular weight is 775 g/mol. The van der Waals surface area contributed by atoms with Crippen LogP contribution in [0.5, 0.6) is 0 Å². The van der Waals surface area contributed by atoms with E-state index in [0.717, 1.165) is 74.1 Å². The Bertz CT molecular complexity index is 2350. The number of aromatic amines is 2.